The van der Waals surface area contributed by atoms with Crippen molar-refractivity contribution in [1.29, 1.82) is 0 Å². The summed E-state index contributed by atoms with van der Waals surface area (Å²) in [5.74, 6) is 0.745. The van der Waals surface area contributed by atoms with Gasteiger partial charge in [0.25, 0.3) is 5.91 Å². The lowest BCUT2D eigenvalue weighted by Crippen LogP contribution is -2.12. The van der Waals surface area contributed by atoms with Crippen LogP contribution in [0.2, 0.25) is 0 Å². The first-order valence-electron chi connectivity index (χ1n) is 5.33. The van der Waals surface area contributed by atoms with Crippen molar-refractivity contribution < 1.29 is 4.79 Å². The zero-order valence-corrected chi connectivity index (χ0v) is 10.4. The van der Waals surface area contributed by atoms with Crippen molar-refractivity contribution in [2.24, 2.45) is 0 Å². The summed E-state index contributed by atoms with van der Waals surface area (Å²) in [7, 11) is 0. The van der Waals surface area contributed by atoms with Crippen LogP contribution in [0.3, 0.4) is 0 Å². The van der Waals surface area contributed by atoms with Crippen LogP contribution in [0.25, 0.3) is 5.82 Å². The molecule has 0 aromatic carbocycles. The first-order valence-corrected chi connectivity index (χ1v) is 6.28. The fourth-order valence-corrected chi connectivity index (χ4v) is 2.09. The molecular formula is C11H8N6OS. The molecule has 0 aliphatic heterocycles. The standard InChI is InChI=1S/C11H8N6OS/c18-11(8-1-2-19-4-8)16-9-3-10(14-6-13-9)17-7-12-5-15-17/h1-7H,(H,13,14,16,18). The molecule has 3 aromatic heterocycles. The lowest BCUT2D eigenvalue weighted by atomic mass is 10.3. The van der Waals surface area contributed by atoms with E-state index in [4.69, 9.17) is 0 Å². The first kappa shape index (κ1) is 11.5. The third kappa shape index (κ3) is 2.47. The van der Waals surface area contributed by atoms with E-state index < -0.39 is 0 Å². The highest BCUT2D eigenvalue weighted by molar-refractivity contribution is 7.08. The first-order chi connectivity index (χ1) is 9.33. The molecule has 0 saturated carbocycles. The zero-order valence-electron chi connectivity index (χ0n) is 9.59. The van der Waals surface area contributed by atoms with Crippen molar-refractivity contribution in [2.75, 3.05) is 5.32 Å². The second-order valence-electron chi connectivity index (χ2n) is 3.57. The van der Waals surface area contributed by atoms with Gasteiger partial charge in [-0.15, -0.1) is 0 Å². The van der Waals surface area contributed by atoms with E-state index in [2.05, 4.69) is 25.4 Å². The molecule has 3 aromatic rings. The van der Waals surface area contributed by atoms with Gasteiger partial charge in [-0.3, -0.25) is 4.79 Å². The number of hydrogen-bond donors (Lipinski definition) is 1. The van der Waals surface area contributed by atoms with Crippen molar-refractivity contribution in [2.45, 2.75) is 0 Å². The minimum Gasteiger partial charge on any atom is -0.306 e. The molecule has 0 atom stereocenters. The summed E-state index contributed by atoms with van der Waals surface area (Å²) in [6.45, 7) is 0. The largest absolute Gasteiger partial charge is 0.306 e. The van der Waals surface area contributed by atoms with Crippen molar-refractivity contribution in [3.8, 4) is 5.82 Å². The summed E-state index contributed by atoms with van der Waals surface area (Å²) in [5, 5.41) is 10.3. The van der Waals surface area contributed by atoms with Crippen molar-refractivity contribution in [3.05, 3.63) is 47.4 Å². The summed E-state index contributed by atoms with van der Waals surface area (Å²) in [4.78, 5) is 23.8. The average Bonchev–Trinajstić information content (AvgIpc) is 3.13. The Morgan fingerprint density at radius 3 is 3.00 bits per heavy atom. The maximum Gasteiger partial charge on any atom is 0.257 e. The summed E-state index contributed by atoms with van der Waals surface area (Å²) in [6, 6.07) is 3.37. The summed E-state index contributed by atoms with van der Waals surface area (Å²) in [6.07, 6.45) is 4.29. The Balaban J connectivity index is 1.82. The Bertz CT molecular complexity index is 679. The van der Waals surface area contributed by atoms with E-state index in [1.807, 2.05) is 5.38 Å². The maximum atomic E-state index is 11.9. The van der Waals surface area contributed by atoms with Gasteiger partial charge in [-0.05, 0) is 11.4 Å². The molecule has 7 nitrogen and oxygen atoms in total. The molecule has 8 heteroatoms. The number of aromatic nitrogens is 5. The molecule has 3 rings (SSSR count). The molecule has 0 unspecified atom stereocenters. The van der Waals surface area contributed by atoms with E-state index in [9.17, 15) is 4.79 Å². The number of thiophene rings is 1. The summed E-state index contributed by atoms with van der Waals surface area (Å²) >= 11 is 1.46. The van der Waals surface area contributed by atoms with Gasteiger partial charge in [-0.1, -0.05) is 0 Å². The van der Waals surface area contributed by atoms with Gasteiger partial charge in [0.1, 0.15) is 24.8 Å². The molecule has 0 saturated heterocycles. The Hall–Kier alpha value is -2.61. The van der Waals surface area contributed by atoms with Crippen LogP contribution in [0.5, 0.6) is 0 Å². The summed E-state index contributed by atoms with van der Waals surface area (Å²) < 4.78 is 1.49. The predicted octanol–water partition coefficient (Wildman–Crippen LogP) is 1.37. The molecule has 0 fully saturated rings. The molecule has 1 amide bonds. The number of carbonyl (C=O) groups excluding carboxylic acids is 1. The molecule has 94 valence electrons. The van der Waals surface area contributed by atoms with Crippen LogP contribution in [0, 0.1) is 0 Å². The molecule has 0 aliphatic carbocycles. The zero-order chi connectivity index (χ0) is 13.1. The second kappa shape index (κ2) is 4.94. The minimum absolute atomic E-state index is 0.204. The van der Waals surface area contributed by atoms with Crippen LogP contribution in [0.1, 0.15) is 10.4 Å². The fourth-order valence-electron chi connectivity index (χ4n) is 1.45. The van der Waals surface area contributed by atoms with E-state index in [1.165, 1.54) is 35.0 Å². The second-order valence-corrected chi connectivity index (χ2v) is 4.35. The van der Waals surface area contributed by atoms with Crippen molar-refractivity contribution >= 4 is 23.1 Å². The van der Waals surface area contributed by atoms with Gasteiger partial charge in [-0.2, -0.15) is 16.4 Å². The summed E-state index contributed by atoms with van der Waals surface area (Å²) in [5.41, 5.74) is 0.603. The molecule has 1 N–H and O–H groups in total. The van der Waals surface area contributed by atoms with Crippen molar-refractivity contribution in [3.63, 3.8) is 0 Å². The fraction of sp³-hybridized carbons (Fsp3) is 0. The van der Waals surface area contributed by atoms with E-state index >= 15 is 0 Å². The van der Waals surface area contributed by atoms with Gasteiger partial charge < -0.3 is 5.32 Å². The number of hydrogen-bond acceptors (Lipinski definition) is 6. The Labute approximate surface area is 112 Å². The minimum atomic E-state index is -0.204. The molecule has 3 heterocycles. The SMILES string of the molecule is O=C(Nc1cc(-n2cncn2)ncn1)c1ccsc1. The quantitative estimate of drug-likeness (QED) is 0.778. The predicted molar refractivity (Wildman–Crippen MR) is 69.2 cm³/mol. The van der Waals surface area contributed by atoms with Gasteiger partial charge in [0.15, 0.2) is 5.82 Å². The van der Waals surface area contributed by atoms with Gasteiger partial charge in [0, 0.05) is 11.4 Å². The van der Waals surface area contributed by atoms with Crippen LogP contribution in [0.4, 0.5) is 5.82 Å². The van der Waals surface area contributed by atoms with Gasteiger partial charge >= 0.3 is 0 Å². The molecule has 19 heavy (non-hydrogen) atoms. The number of rotatable bonds is 3. The Kier molecular flexibility index (Phi) is 2.99. The van der Waals surface area contributed by atoms with Crippen LogP contribution in [-0.2, 0) is 0 Å². The highest BCUT2D eigenvalue weighted by Gasteiger charge is 2.08. The van der Waals surface area contributed by atoms with E-state index in [1.54, 1.807) is 17.5 Å². The smallest absolute Gasteiger partial charge is 0.257 e. The third-order valence-corrected chi connectivity index (χ3v) is 3.01. The van der Waals surface area contributed by atoms with Crippen LogP contribution < -0.4 is 5.32 Å². The monoisotopic (exact) mass is 272 g/mol. The highest BCUT2D eigenvalue weighted by Crippen LogP contribution is 2.11. The highest BCUT2D eigenvalue weighted by atomic mass is 32.1. The van der Waals surface area contributed by atoms with Gasteiger partial charge in [-0.25, -0.2) is 19.6 Å². The van der Waals surface area contributed by atoms with E-state index in [0.717, 1.165) is 0 Å². The Morgan fingerprint density at radius 2 is 2.26 bits per heavy atom. The van der Waals surface area contributed by atoms with Gasteiger partial charge in [0.2, 0.25) is 0 Å². The average molecular weight is 272 g/mol. The number of nitrogens with one attached hydrogen (secondary N) is 1. The molecule has 0 aliphatic rings. The van der Waals surface area contributed by atoms with E-state index in [0.29, 0.717) is 17.2 Å². The number of nitrogens with zero attached hydrogens (tertiary/aromatic N) is 5. The molecule has 0 bridgehead atoms. The molecule has 0 spiro atoms. The van der Waals surface area contributed by atoms with E-state index in [-0.39, 0.29) is 5.91 Å². The third-order valence-electron chi connectivity index (χ3n) is 2.33. The van der Waals surface area contributed by atoms with Crippen molar-refractivity contribution in [1.82, 2.24) is 24.7 Å². The number of amides is 1. The van der Waals surface area contributed by atoms with Crippen LogP contribution >= 0.6 is 11.3 Å². The lowest BCUT2D eigenvalue weighted by molar-refractivity contribution is 0.102. The normalized spacial score (nSPS) is 10.3. The Morgan fingerprint density at radius 1 is 1.32 bits per heavy atom. The van der Waals surface area contributed by atoms with Crippen LogP contribution in [0.15, 0.2) is 41.9 Å². The molecule has 0 radical (unpaired) electrons. The topological polar surface area (TPSA) is 85.6 Å². The maximum absolute atomic E-state index is 11.9. The number of anilines is 1. The van der Waals surface area contributed by atoms with Gasteiger partial charge in [0.05, 0.1) is 5.56 Å². The van der Waals surface area contributed by atoms with Crippen LogP contribution in [-0.4, -0.2) is 30.6 Å². The molecular weight excluding hydrogens is 264 g/mol. The number of carbonyl (C=O) groups is 1. The lowest BCUT2D eigenvalue weighted by Gasteiger charge is -2.04.